The molecule has 0 aromatic rings. The van der Waals surface area contributed by atoms with Gasteiger partial charge in [0.05, 0.1) is 19.0 Å². The molecule has 6 nitrogen and oxygen atoms in total. The van der Waals surface area contributed by atoms with Crippen molar-refractivity contribution in [3.05, 3.63) is 0 Å². The van der Waals surface area contributed by atoms with E-state index in [1.54, 1.807) is 0 Å². The number of piperidine rings is 1. The van der Waals surface area contributed by atoms with Crippen LogP contribution in [0.1, 0.15) is 12.8 Å². The van der Waals surface area contributed by atoms with E-state index in [-0.39, 0.29) is 38.0 Å². The topological polar surface area (TPSA) is 89.9 Å². The molecular formula is C10H22N2O4S. The molecule has 7 heteroatoms. The second kappa shape index (κ2) is 7.27. The molecular weight excluding hydrogens is 244 g/mol. The van der Waals surface area contributed by atoms with Gasteiger partial charge in [-0.1, -0.05) is 0 Å². The SMILES string of the molecule is O=S(=O)(CC1CCNCC1)N(CCO)CCO. The molecule has 0 unspecified atom stereocenters. The van der Waals surface area contributed by atoms with Crippen LogP contribution in [0.2, 0.25) is 0 Å². The Bertz CT molecular complexity index is 295. The van der Waals surface area contributed by atoms with E-state index in [1.807, 2.05) is 0 Å². The van der Waals surface area contributed by atoms with Crippen LogP contribution in [0.5, 0.6) is 0 Å². The minimum atomic E-state index is -3.36. The predicted octanol–water partition coefficient (Wildman–Crippen LogP) is -1.40. The van der Waals surface area contributed by atoms with E-state index < -0.39 is 10.0 Å². The van der Waals surface area contributed by atoms with Crippen molar-refractivity contribution in [3.8, 4) is 0 Å². The highest BCUT2D eigenvalue weighted by Crippen LogP contribution is 2.16. The molecule has 17 heavy (non-hydrogen) atoms. The molecule has 0 saturated carbocycles. The van der Waals surface area contributed by atoms with Gasteiger partial charge < -0.3 is 15.5 Å². The van der Waals surface area contributed by atoms with Crippen molar-refractivity contribution in [3.63, 3.8) is 0 Å². The molecule has 1 rings (SSSR count). The van der Waals surface area contributed by atoms with Gasteiger partial charge in [-0.2, -0.15) is 4.31 Å². The molecule has 102 valence electrons. The van der Waals surface area contributed by atoms with Crippen molar-refractivity contribution in [2.45, 2.75) is 12.8 Å². The van der Waals surface area contributed by atoms with Crippen molar-refractivity contribution < 1.29 is 18.6 Å². The van der Waals surface area contributed by atoms with Crippen LogP contribution in [0, 0.1) is 5.92 Å². The second-order valence-corrected chi connectivity index (χ2v) is 6.33. The van der Waals surface area contributed by atoms with E-state index in [0.29, 0.717) is 0 Å². The predicted molar refractivity (Wildman–Crippen MR) is 65.1 cm³/mol. The smallest absolute Gasteiger partial charge is 0.214 e. The first-order valence-corrected chi connectivity index (χ1v) is 7.61. The van der Waals surface area contributed by atoms with E-state index in [0.717, 1.165) is 25.9 Å². The lowest BCUT2D eigenvalue weighted by Gasteiger charge is -2.26. The monoisotopic (exact) mass is 266 g/mol. The Labute approximate surface area is 103 Å². The number of nitrogens with one attached hydrogen (secondary N) is 1. The number of hydrogen-bond acceptors (Lipinski definition) is 5. The summed E-state index contributed by atoms with van der Waals surface area (Å²) in [4.78, 5) is 0. The van der Waals surface area contributed by atoms with Gasteiger partial charge in [-0.05, 0) is 31.8 Å². The van der Waals surface area contributed by atoms with Crippen LogP contribution in [0.15, 0.2) is 0 Å². The number of sulfonamides is 1. The van der Waals surface area contributed by atoms with Gasteiger partial charge in [-0.3, -0.25) is 0 Å². The number of aliphatic hydroxyl groups excluding tert-OH is 2. The summed E-state index contributed by atoms with van der Waals surface area (Å²) in [7, 11) is -3.36. The Morgan fingerprint density at radius 1 is 1.12 bits per heavy atom. The Morgan fingerprint density at radius 2 is 1.65 bits per heavy atom. The minimum Gasteiger partial charge on any atom is -0.395 e. The highest BCUT2D eigenvalue weighted by molar-refractivity contribution is 7.89. The summed E-state index contributed by atoms with van der Waals surface area (Å²) >= 11 is 0. The average Bonchev–Trinajstić information content (AvgIpc) is 2.29. The van der Waals surface area contributed by atoms with E-state index in [4.69, 9.17) is 10.2 Å². The van der Waals surface area contributed by atoms with Crippen LogP contribution >= 0.6 is 0 Å². The number of nitrogens with zero attached hydrogens (tertiary/aromatic N) is 1. The Kier molecular flexibility index (Phi) is 6.35. The zero-order valence-corrected chi connectivity index (χ0v) is 10.8. The standard InChI is InChI=1S/C10H22N2O4S/c13-7-5-12(6-8-14)17(15,16)9-10-1-3-11-4-2-10/h10-11,13-14H,1-9H2. The molecule has 0 atom stereocenters. The fraction of sp³-hybridized carbons (Fsp3) is 1.00. The van der Waals surface area contributed by atoms with Crippen molar-refractivity contribution in [1.82, 2.24) is 9.62 Å². The van der Waals surface area contributed by atoms with Gasteiger partial charge in [0.2, 0.25) is 10.0 Å². The number of rotatable bonds is 7. The van der Waals surface area contributed by atoms with Crippen LogP contribution in [-0.2, 0) is 10.0 Å². The normalized spacial score (nSPS) is 18.8. The fourth-order valence-electron chi connectivity index (χ4n) is 2.06. The van der Waals surface area contributed by atoms with Gasteiger partial charge in [0.15, 0.2) is 0 Å². The van der Waals surface area contributed by atoms with Crippen molar-refractivity contribution >= 4 is 10.0 Å². The number of aliphatic hydroxyl groups is 2. The molecule has 1 saturated heterocycles. The summed E-state index contributed by atoms with van der Waals surface area (Å²) in [6.07, 6.45) is 1.73. The summed E-state index contributed by atoms with van der Waals surface area (Å²) in [6.45, 7) is 1.42. The van der Waals surface area contributed by atoms with Crippen LogP contribution in [0.3, 0.4) is 0 Å². The van der Waals surface area contributed by atoms with Gasteiger partial charge in [0.1, 0.15) is 0 Å². The lowest BCUT2D eigenvalue weighted by molar-refractivity contribution is 0.216. The number of hydrogen-bond donors (Lipinski definition) is 3. The molecule has 0 aliphatic carbocycles. The first-order chi connectivity index (χ1) is 8.10. The van der Waals surface area contributed by atoms with E-state index in [1.165, 1.54) is 4.31 Å². The quantitative estimate of drug-likeness (QED) is 0.527. The van der Waals surface area contributed by atoms with Crippen LogP contribution in [-0.4, -0.2) is 68.1 Å². The molecule has 0 aromatic carbocycles. The van der Waals surface area contributed by atoms with Crippen LogP contribution in [0.4, 0.5) is 0 Å². The van der Waals surface area contributed by atoms with Crippen molar-refractivity contribution in [2.75, 3.05) is 45.1 Å². The maximum Gasteiger partial charge on any atom is 0.214 e. The summed E-state index contributed by atoms with van der Waals surface area (Å²) in [5, 5.41) is 20.9. The third-order valence-corrected chi connectivity index (χ3v) is 5.04. The molecule has 1 aliphatic heterocycles. The molecule has 1 fully saturated rings. The molecule has 0 amide bonds. The lowest BCUT2D eigenvalue weighted by Crippen LogP contribution is -2.41. The van der Waals surface area contributed by atoms with E-state index in [9.17, 15) is 8.42 Å². The minimum absolute atomic E-state index is 0.0634. The average molecular weight is 266 g/mol. The molecule has 1 heterocycles. The van der Waals surface area contributed by atoms with Crippen molar-refractivity contribution in [2.24, 2.45) is 5.92 Å². The Balaban J connectivity index is 2.56. The highest BCUT2D eigenvalue weighted by Gasteiger charge is 2.26. The zero-order chi connectivity index (χ0) is 12.7. The summed E-state index contributed by atoms with van der Waals surface area (Å²) < 4.78 is 25.3. The highest BCUT2D eigenvalue weighted by atomic mass is 32.2. The fourth-order valence-corrected chi connectivity index (χ4v) is 3.92. The Hall–Kier alpha value is -0.210. The van der Waals surface area contributed by atoms with Gasteiger partial charge in [-0.25, -0.2) is 8.42 Å². The molecule has 0 aromatic heterocycles. The van der Waals surface area contributed by atoms with Crippen LogP contribution in [0.25, 0.3) is 0 Å². The summed E-state index contributed by atoms with van der Waals surface area (Å²) in [5.74, 6) is 0.301. The molecule has 0 spiro atoms. The first-order valence-electron chi connectivity index (χ1n) is 6.00. The van der Waals surface area contributed by atoms with Crippen molar-refractivity contribution in [1.29, 1.82) is 0 Å². The largest absolute Gasteiger partial charge is 0.395 e. The second-order valence-electron chi connectivity index (χ2n) is 4.32. The molecule has 1 aliphatic rings. The van der Waals surface area contributed by atoms with E-state index in [2.05, 4.69) is 5.32 Å². The maximum absolute atomic E-state index is 12.1. The zero-order valence-electron chi connectivity index (χ0n) is 10.0. The third-order valence-electron chi connectivity index (χ3n) is 3.00. The molecule has 3 N–H and O–H groups in total. The molecule has 0 radical (unpaired) electrons. The maximum atomic E-state index is 12.1. The van der Waals surface area contributed by atoms with Gasteiger partial charge in [0, 0.05) is 13.1 Å². The Morgan fingerprint density at radius 3 is 2.12 bits per heavy atom. The summed E-state index contributed by atoms with van der Waals surface area (Å²) in [6, 6.07) is 0. The van der Waals surface area contributed by atoms with Gasteiger partial charge >= 0.3 is 0 Å². The first kappa shape index (κ1) is 14.8. The molecule has 0 bridgehead atoms. The summed E-state index contributed by atoms with van der Waals surface area (Å²) in [5.41, 5.74) is 0. The van der Waals surface area contributed by atoms with E-state index >= 15 is 0 Å². The van der Waals surface area contributed by atoms with Gasteiger partial charge in [0.25, 0.3) is 0 Å². The van der Waals surface area contributed by atoms with Gasteiger partial charge in [-0.15, -0.1) is 0 Å². The van der Waals surface area contributed by atoms with Crippen LogP contribution < -0.4 is 5.32 Å². The third kappa shape index (κ3) is 4.89. The lowest BCUT2D eigenvalue weighted by atomic mass is 10.0.